The van der Waals surface area contributed by atoms with E-state index in [4.69, 9.17) is 0 Å². The van der Waals surface area contributed by atoms with Crippen molar-refractivity contribution in [3.05, 3.63) is 52.8 Å². The van der Waals surface area contributed by atoms with Crippen LogP contribution in [0.25, 0.3) is 0 Å². The summed E-state index contributed by atoms with van der Waals surface area (Å²) in [5.41, 5.74) is 4.42. The van der Waals surface area contributed by atoms with Gasteiger partial charge in [-0.15, -0.1) is 0 Å². The van der Waals surface area contributed by atoms with Crippen molar-refractivity contribution >= 4 is 5.91 Å². The number of aryl methyl sites for hydroxylation is 1. The van der Waals surface area contributed by atoms with Crippen LogP contribution in [-0.4, -0.2) is 47.2 Å². The molecule has 0 bridgehead atoms. The van der Waals surface area contributed by atoms with Gasteiger partial charge in [-0.25, -0.2) is 0 Å². The highest BCUT2D eigenvalue weighted by atomic mass is 16.2. The number of hydrogen-bond donors (Lipinski definition) is 2. The van der Waals surface area contributed by atoms with Crippen LogP contribution >= 0.6 is 0 Å². The number of benzene rings is 1. The zero-order chi connectivity index (χ0) is 17.2. The highest BCUT2D eigenvalue weighted by molar-refractivity contribution is 5.95. The number of amides is 1. The number of likely N-dealkylation sites (tertiary alicyclic amines) is 1. The van der Waals surface area contributed by atoms with Crippen molar-refractivity contribution in [2.75, 3.05) is 26.2 Å². The minimum absolute atomic E-state index is 0.136. The van der Waals surface area contributed by atoms with Gasteiger partial charge in [-0.05, 0) is 44.8 Å². The summed E-state index contributed by atoms with van der Waals surface area (Å²) >= 11 is 0. The highest BCUT2D eigenvalue weighted by Gasteiger charge is 2.31. The zero-order valence-electron chi connectivity index (χ0n) is 14.8. The van der Waals surface area contributed by atoms with Gasteiger partial charge in [0.2, 0.25) is 0 Å². The second-order valence-electron chi connectivity index (χ2n) is 7.37. The first-order valence-corrected chi connectivity index (χ1v) is 9.32. The van der Waals surface area contributed by atoms with Crippen LogP contribution in [0.15, 0.2) is 30.5 Å². The molecule has 0 radical (unpaired) electrons. The van der Waals surface area contributed by atoms with Crippen molar-refractivity contribution in [1.29, 1.82) is 0 Å². The van der Waals surface area contributed by atoms with E-state index in [-0.39, 0.29) is 5.91 Å². The van der Waals surface area contributed by atoms with Gasteiger partial charge in [0.1, 0.15) is 0 Å². The van der Waals surface area contributed by atoms with Gasteiger partial charge in [0.25, 0.3) is 5.91 Å². The molecule has 1 aromatic heterocycles. The lowest BCUT2D eigenvalue weighted by Gasteiger charge is -2.23. The van der Waals surface area contributed by atoms with E-state index >= 15 is 0 Å². The molecule has 3 heterocycles. The predicted octanol–water partition coefficient (Wildman–Crippen LogP) is 2.81. The molecular weight excluding hydrogens is 312 g/mol. The number of H-pyrrole nitrogens is 1. The molecule has 0 saturated carbocycles. The van der Waals surface area contributed by atoms with Crippen LogP contribution in [0.3, 0.4) is 0 Å². The Morgan fingerprint density at radius 3 is 2.64 bits per heavy atom. The average Bonchev–Trinajstić information content (AvgIpc) is 3.32. The Morgan fingerprint density at radius 1 is 1.12 bits per heavy atom. The quantitative estimate of drug-likeness (QED) is 0.905. The van der Waals surface area contributed by atoms with E-state index in [0.29, 0.717) is 11.8 Å². The maximum absolute atomic E-state index is 13.1. The molecule has 2 aliphatic rings. The predicted molar refractivity (Wildman–Crippen MR) is 97.9 cm³/mol. The smallest absolute Gasteiger partial charge is 0.257 e. The molecule has 2 aromatic rings. The number of hydrogen-bond acceptors (Lipinski definition) is 3. The van der Waals surface area contributed by atoms with Crippen molar-refractivity contribution in [3.63, 3.8) is 0 Å². The average molecular weight is 338 g/mol. The number of piperidine rings is 1. The molecule has 1 atom stereocenters. The molecular formula is C20H26N4O. The van der Waals surface area contributed by atoms with E-state index in [1.54, 1.807) is 6.20 Å². The lowest BCUT2D eigenvalue weighted by atomic mass is 9.92. The second-order valence-corrected chi connectivity index (χ2v) is 7.37. The van der Waals surface area contributed by atoms with E-state index in [1.807, 2.05) is 4.90 Å². The normalized spacial score (nSPS) is 21.6. The summed E-state index contributed by atoms with van der Waals surface area (Å²) in [5.74, 6) is 0.994. The molecule has 0 aliphatic carbocycles. The minimum atomic E-state index is 0.136. The molecule has 0 spiro atoms. The number of aromatic nitrogens is 2. The van der Waals surface area contributed by atoms with Gasteiger partial charge in [-0.1, -0.05) is 29.8 Å². The van der Waals surface area contributed by atoms with Crippen LogP contribution in [0.5, 0.6) is 0 Å². The fourth-order valence-electron chi connectivity index (χ4n) is 4.11. The maximum atomic E-state index is 13.1. The molecule has 2 fully saturated rings. The van der Waals surface area contributed by atoms with Crippen LogP contribution in [-0.2, 0) is 0 Å². The van der Waals surface area contributed by atoms with E-state index in [0.717, 1.165) is 56.7 Å². The minimum Gasteiger partial charge on any atom is -0.338 e. The number of aromatic amines is 1. The summed E-state index contributed by atoms with van der Waals surface area (Å²) in [6.07, 6.45) is 4.89. The zero-order valence-corrected chi connectivity index (χ0v) is 14.8. The monoisotopic (exact) mass is 338 g/mol. The van der Waals surface area contributed by atoms with E-state index in [2.05, 4.69) is 46.7 Å². The summed E-state index contributed by atoms with van der Waals surface area (Å²) < 4.78 is 0. The summed E-state index contributed by atoms with van der Waals surface area (Å²) in [4.78, 5) is 15.1. The molecule has 5 heteroatoms. The van der Waals surface area contributed by atoms with Crippen LogP contribution in [0.2, 0.25) is 0 Å². The van der Waals surface area contributed by atoms with Crippen LogP contribution < -0.4 is 5.32 Å². The first-order chi connectivity index (χ1) is 12.2. The standard InChI is InChI=1S/C20H26N4O/c1-14-2-4-15(5-3-14)17-8-11-24(13-17)20(25)18-12-22-23-19(18)16-6-9-21-10-7-16/h2-5,12,16-17,21H,6-11,13H2,1H3,(H,22,23). The molecule has 4 rings (SSSR count). The lowest BCUT2D eigenvalue weighted by molar-refractivity contribution is 0.0789. The third-order valence-electron chi connectivity index (χ3n) is 5.67. The Balaban J connectivity index is 1.47. The number of rotatable bonds is 3. The van der Waals surface area contributed by atoms with Gasteiger partial charge in [-0.2, -0.15) is 5.10 Å². The topological polar surface area (TPSA) is 61.0 Å². The van der Waals surface area contributed by atoms with E-state index < -0.39 is 0 Å². The van der Waals surface area contributed by atoms with Crippen molar-refractivity contribution in [3.8, 4) is 0 Å². The molecule has 1 amide bonds. The summed E-state index contributed by atoms with van der Waals surface area (Å²) in [6, 6.07) is 8.72. The molecule has 2 N–H and O–H groups in total. The molecule has 1 unspecified atom stereocenters. The van der Waals surface area contributed by atoms with Crippen LogP contribution in [0.1, 0.15) is 58.3 Å². The van der Waals surface area contributed by atoms with Crippen molar-refractivity contribution in [2.45, 2.75) is 38.0 Å². The van der Waals surface area contributed by atoms with Gasteiger partial charge in [-0.3, -0.25) is 9.89 Å². The molecule has 132 valence electrons. The van der Waals surface area contributed by atoms with Gasteiger partial charge in [0.15, 0.2) is 0 Å². The SMILES string of the molecule is Cc1ccc(C2CCN(C(=O)c3cn[nH]c3C3CCNCC3)C2)cc1. The molecule has 5 nitrogen and oxygen atoms in total. The third-order valence-corrected chi connectivity index (χ3v) is 5.67. The van der Waals surface area contributed by atoms with Gasteiger partial charge in [0, 0.05) is 24.9 Å². The molecule has 1 aromatic carbocycles. The third kappa shape index (κ3) is 3.33. The van der Waals surface area contributed by atoms with Crippen molar-refractivity contribution in [2.24, 2.45) is 0 Å². The number of nitrogens with one attached hydrogen (secondary N) is 2. The molecule has 2 saturated heterocycles. The maximum Gasteiger partial charge on any atom is 0.257 e. The second kappa shape index (κ2) is 7.00. The van der Waals surface area contributed by atoms with Crippen molar-refractivity contribution in [1.82, 2.24) is 20.4 Å². The Kier molecular flexibility index (Phi) is 4.57. The number of carbonyl (C=O) groups is 1. The van der Waals surface area contributed by atoms with Crippen molar-refractivity contribution < 1.29 is 4.79 Å². The summed E-state index contributed by atoms with van der Waals surface area (Å²) in [7, 11) is 0. The van der Waals surface area contributed by atoms with Gasteiger partial charge in [0.05, 0.1) is 17.5 Å². The molecule has 25 heavy (non-hydrogen) atoms. The van der Waals surface area contributed by atoms with Crippen LogP contribution in [0.4, 0.5) is 0 Å². The first-order valence-electron chi connectivity index (χ1n) is 9.32. The van der Waals surface area contributed by atoms with Gasteiger partial charge < -0.3 is 10.2 Å². The summed E-state index contributed by atoms with van der Waals surface area (Å²) in [6.45, 7) is 5.76. The Labute approximate surface area is 148 Å². The first kappa shape index (κ1) is 16.3. The highest BCUT2D eigenvalue weighted by Crippen LogP contribution is 2.31. The Hall–Kier alpha value is -2.14. The number of nitrogens with zero attached hydrogens (tertiary/aromatic N) is 2. The Morgan fingerprint density at radius 2 is 1.88 bits per heavy atom. The summed E-state index contributed by atoms with van der Waals surface area (Å²) in [5, 5.41) is 10.7. The number of carbonyl (C=O) groups excluding carboxylic acids is 1. The fourth-order valence-corrected chi connectivity index (χ4v) is 4.11. The van der Waals surface area contributed by atoms with Crippen LogP contribution in [0, 0.1) is 6.92 Å². The van der Waals surface area contributed by atoms with E-state index in [1.165, 1.54) is 11.1 Å². The largest absolute Gasteiger partial charge is 0.338 e. The lowest BCUT2D eigenvalue weighted by Crippen LogP contribution is -2.31. The Bertz CT molecular complexity index is 730. The fraction of sp³-hybridized carbons (Fsp3) is 0.500. The van der Waals surface area contributed by atoms with E-state index in [9.17, 15) is 4.79 Å². The molecule has 2 aliphatic heterocycles. The van der Waals surface area contributed by atoms with Gasteiger partial charge >= 0.3 is 0 Å².